The Kier molecular flexibility index (Phi) is 14.5. The molecule has 54 heavy (non-hydrogen) atoms. The van der Waals surface area contributed by atoms with Crippen molar-refractivity contribution >= 4 is 42.2 Å². The summed E-state index contributed by atoms with van der Waals surface area (Å²) >= 11 is 0. The van der Waals surface area contributed by atoms with Gasteiger partial charge >= 0.3 is 14.2 Å². The molecule has 2 heterocycles. The van der Waals surface area contributed by atoms with E-state index >= 15 is 0 Å². The lowest BCUT2D eigenvalue weighted by Crippen LogP contribution is -2.41. The summed E-state index contributed by atoms with van der Waals surface area (Å²) in [6, 6.07) is 25.6. The minimum atomic E-state index is -0.423. The van der Waals surface area contributed by atoms with E-state index in [1.807, 2.05) is 0 Å². The van der Waals surface area contributed by atoms with Crippen LogP contribution in [0, 0.1) is 5.92 Å². The Morgan fingerprint density at radius 3 is 1.35 bits per heavy atom. The van der Waals surface area contributed by atoms with Crippen LogP contribution in [0.4, 0.5) is 17.1 Å². The molecule has 0 amide bonds. The summed E-state index contributed by atoms with van der Waals surface area (Å²) < 4.78 is 32.4. The fourth-order valence-corrected chi connectivity index (χ4v) is 7.30. The van der Waals surface area contributed by atoms with E-state index in [0.717, 1.165) is 40.3 Å². The maximum Gasteiger partial charge on any atom is 0.494 e. The van der Waals surface area contributed by atoms with Gasteiger partial charge in [-0.3, -0.25) is 0 Å². The standard InChI is InChI=1S/C46H69B2NO5/c1-11-13-15-17-18-20-24-36(23-19-16-14-12-2)35-50-42-26-22-21-25-41(42)49(39-31-27-37(28-32-39)47-51-43(3,4)44(5,6)52-47)40-33-29-38(30-34-40)48-53-45(7,8)46(9,10)54-48/h21-22,25-34,36H,11-20,23-24,35H2,1-10H3. The molecule has 8 heteroatoms. The van der Waals surface area contributed by atoms with E-state index in [-0.39, 0.29) is 0 Å². The Morgan fingerprint density at radius 2 is 0.907 bits per heavy atom. The summed E-state index contributed by atoms with van der Waals surface area (Å²) in [5.41, 5.74) is 3.45. The lowest BCUT2D eigenvalue weighted by Gasteiger charge is -2.32. The number of nitrogens with zero attached hydrogens (tertiary/aromatic N) is 1. The number of hydrogen-bond donors (Lipinski definition) is 0. The third kappa shape index (κ3) is 10.3. The van der Waals surface area contributed by atoms with Crippen molar-refractivity contribution in [2.45, 2.75) is 169 Å². The number of benzene rings is 3. The van der Waals surface area contributed by atoms with Crippen molar-refractivity contribution in [3.05, 3.63) is 72.8 Å². The van der Waals surface area contributed by atoms with Crippen LogP contribution < -0.4 is 20.6 Å². The normalized spacial score (nSPS) is 18.9. The van der Waals surface area contributed by atoms with Gasteiger partial charge in [0, 0.05) is 11.4 Å². The highest BCUT2D eigenvalue weighted by molar-refractivity contribution is 6.62. The molecule has 0 saturated carbocycles. The van der Waals surface area contributed by atoms with Crippen molar-refractivity contribution in [2.75, 3.05) is 11.5 Å². The van der Waals surface area contributed by atoms with Gasteiger partial charge in [0.1, 0.15) is 5.75 Å². The Bertz CT molecular complexity index is 1480. The summed E-state index contributed by atoms with van der Waals surface area (Å²) in [5, 5.41) is 0. The van der Waals surface area contributed by atoms with Crippen LogP contribution in [0.5, 0.6) is 5.75 Å². The van der Waals surface area contributed by atoms with Crippen LogP contribution in [0.3, 0.4) is 0 Å². The third-order valence-corrected chi connectivity index (χ3v) is 12.4. The zero-order valence-electron chi connectivity index (χ0n) is 35.3. The van der Waals surface area contributed by atoms with Gasteiger partial charge in [0.15, 0.2) is 0 Å². The van der Waals surface area contributed by atoms with E-state index in [2.05, 4.69) is 147 Å². The lowest BCUT2D eigenvalue weighted by atomic mass is 9.79. The van der Waals surface area contributed by atoms with Gasteiger partial charge in [0.25, 0.3) is 0 Å². The summed E-state index contributed by atoms with van der Waals surface area (Å²) in [4.78, 5) is 2.29. The van der Waals surface area contributed by atoms with Crippen LogP contribution in [0.15, 0.2) is 72.8 Å². The average Bonchev–Trinajstić information content (AvgIpc) is 3.50. The highest BCUT2D eigenvalue weighted by Gasteiger charge is 2.52. The van der Waals surface area contributed by atoms with Crippen molar-refractivity contribution in [1.29, 1.82) is 0 Å². The molecule has 2 saturated heterocycles. The molecular weight excluding hydrogens is 668 g/mol. The molecule has 1 atom stereocenters. The molecule has 0 aliphatic carbocycles. The molecule has 2 aliphatic heterocycles. The summed E-state index contributed by atoms with van der Waals surface area (Å²) in [6.07, 6.45) is 15.5. The van der Waals surface area contributed by atoms with Gasteiger partial charge in [-0.05, 0) is 121 Å². The maximum atomic E-state index is 6.86. The number of ether oxygens (including phenoxy) is 1. The van der Waals surface area contributed by atoms with E-state index < -0.39 is 36.6 Å². The number of anilines is 3. The lowest BCUT2D eigenvalue weighted by molar-refractivity contribution is 0.00578. The molecule has 0 radical (unpaired) electrons. The molecule has 3 aromatic rings. The highest BCUT2D eigenvalue weighted by Crippen LogP contribution is 2.42. The second-order valence-electron chi connectivity index (χ2n) is 17.7. The first-order valence-electron chi connectivity index (χ1n) is 21.1. The third-order valence-electron chi connectivity index (χ3n) is 12.4. The molecule has 0 aromatic heterocycles. The highest BCUT2D eigenvalue weighted by atomic mass is 16.7. The van der Waals surface area contributed by atoms with E-state index in [1.54, 1.807) is 0 Å². The Balaban J connectivity index is 1.42. The molecule has 0 bridgehead atoms. The Hall–Kier alpha value is -2.77. The van der Waals surface area contributed by atoms with Crippen LogP contribution in [-0.4, -0.2) is 43.2 Å². The maximum absolute atomic E-state index is 6.86. The summed E-state index contributed by atoms with van der Waals surface area (Å²) in [5.74, 6) is 1.44. The van der Waals surface area contributed by atoms with Crippen molar-refractivity contribution < 1.29 is 23.4 Å². The smallest absolute Gasteiger partial charge is 0.491 e. The first-order chi connectivity index (χ1) is 25.7. The van der Waals surface area contributed by atoms with Gasteiger partial charge in [0.2, 0.25) is 0 Å². The average molecular weight is 738 g/mol. The number of rotatable bonds is 20. The number of hydrogen-bond acceptors (Lipinski definition) is 6. The summed E-state index contributed by atoms with van der Waals surface area (Å²) in [6.45, 7) is 22.1. The molecule has 294 valence electrons. The van der Waals surface area contributed by atoms with Crippen molar-refractivity contribution in [3.8, 4) is 5.75 Å². The van der Waals surface area contributed by atoms with Gasteiger partial charge in [-0.2, -0.15) is 0 Å². The molecule has 3 aromatic carbocycles. The SMILES string of the molecule is CCCCCCCCC(CCCCCC)COc1ccccc1N(c1ccc(B2OC(C)(C)C(C)(C)O2)cc1)c1ccc(B2OC(C)(C)C(C)(C)O2)cc1. The molecule has 6 nitrogen and oxygen atoms in total. The zero-order valence-corrected chi connectivity index (χ0v) is 35.3. The van der Waals surface area contributed by atoms with E-state index in [1.165, 1.54) is 77.0 Å². The van der Waals surface area contributed by atoms with E-state index in [9.17, 15) is 0 Å². The van der Waals surface area contributed by atoms with Crippen molar-refractivity contribution in [2.24, 2.45) is 5.92 Å². The minimum Gasteiger partial charge on any atom is -0.491 e. The molecule has 0 spiro atoms. The van der Waals surface area contributed by atoms with Crippen LogP contribution in [0.2, 0.25) is 0 Å². The Morgan fingerprint density at radius 1 is 0.519 bits per heavy atom. The summed E-state index contributed by atoms with van der Waals surface area (Å²) in [7, 11) is -0.846. The van der Waals surface area contributed by atoms with Gasteiger partial charge in [0.05, 0.1) is 34.7 Å². The van der Waals surface area contributed by atoms with Crippen LogP contribution >= 0.6 is 0 Å². The second kappa shape index (κ2) is 18.4. The Labute approximate surface area is 329 Å². The quantitative estimate of drug-likeness (QED) is 0.0850. The molecule has 2 aliphatic rings. The van der Waals surface area contributed by atoms with Gasteiger partial charge in [-0.1, -0.05) is 114 Å². The second-order valence-corrected chi connectivity index (χ2v) is 17.7. The predicted molar refractivity (Wildman–Crippen MR) is 228 cm³/mol. The number of para-hydroxylation sites is 2. The molecule has 2 fully saturated rings. The minimum absolute atomic E-state index is 0.402. The first kappa shape index (κ1) is 42.4. The van der Waals surface area contributed by atoms with Gasteiger partial charge in [-0.25, -0.2) is 0 Å². The van der Waals surface area contributed by atoms with Crippen molar-refractivity contribution in [3.63, 3.8) is 0 Å². The number of unbranched alkanes of at least 4 members (excludes halogenated alkanes) is 8. The fraction of sp³-hybridized carbons (Fsp3) is 0.609. The van der Waals surface area contributed by atoms with Crippen LogP contribution in [0.1, 0.15) is 146 Å². The van der Waals surface area contributed by atoms with Crippen LogP contribution in [-0.2, 0) is 18.6 Å². The molecule has 5 rings (SSSR count). The van der Waals surface area contributed by atoms with Gasteiger partial charge < -0.3 is 28.3 Å². The molecular formula is C46H69B2NO5. The van der Waals surface area contributed by atoms with Crippen molar-refractivity contribution in [1.82, 2.24) is 0 Å². The predicted octanol–water partition coefficient (Wildman–Crippen LogP) is 11.5. The van der Waals surface area contributed by atoms with Crippen LogP contribution in [0.25, 0.3) is 0 Å². The van der Waals surface area contributed by atoms with Gasteiger partial charge in [-0.15, -0.1) is 0 Å². The molecule has 1 unspecified atom stereocenters. The molecule has 0 N–H and O–H groups in total. The van der Waals surface area contributed by atoms with E-state index in [4.69, 9.17) is 23.4 Å². The zero-order chi connectivity index (χ0) is 39.0. The van der Waals surface area contributed by atoms with E-state index in [0.29, 0.717) is 5.92 Å². The monoisotopic (exact) mass is 738 g/mol. The topological polar surface area (TPSA) is 49.4 Å². The first-order valence-corrected chi connectivity index (χ1v) is 21.1. The largest absolute Gasteiger partial charge is 0.494 e. The fourth-order valence-electron chi connectivity index (χ4n) is 7.30.